The molecule has 0 fully saturated rings. The first-order valence-corrected chi connectivity index (χ1v) is 6.46. The highest BCUT2D eigenvalue weighted by Crippen LogP contribution is 2.27. The normalized spacial score (nSPS) is 10.5. The van der Waals surface area contributed by atoms with Crippen molar-refractivity contribution >= 4 is 17.3 Å². The molecule has 0 radical (unpaired) electrons. The van der Waals surface area contributed by atoms with Gasteiger partial charge in [0.15, 0.2) is 0 Å². The number of carbonyl (C=O) groups is 1. The van der Waals surface area contributed by atoms with Crippen LogP contribution in [0.25, 0.3) is 21.7 Å². The van der Waals surface area contributed by atoms with Crippen molar-refractivity contribution in [1.29, 1.82) is 0 Å². The summed E-state index contributed by atoms with van der Waals surface area (Å²) < 4.78 is 4.74. The van der Waals surface area contributed by atoms with Crippen LogP contribution >= 0.6 is 11.3 Å². The molecule has 0 unspecified atom stereocenters. The number of nitrogens with zero attached hydrogens (tertiary/aromatic N) is 1. The van der Waals surface area contributed by atoms with Crippen molar-refractivity contribution in [3.8, 4) is 21.7 Å². The van der Waals surface area contributed by atoms with Crippen LogP contribution in [0.1, 0.15) is 10.6 Å². The molecule has 4 nitrogen and oxygen atoms in total. The molecule has 94 valence electrons. The number of rotatable bonds is 3. The molecule has 0 aliphatic carbocycles. The molecule has 0 amide bonds. The second kappa shape index (κ2) is 4.70. The van der Waals surface area contributed by atoms with Gasteiger partial charge in [0.1, 0.15) is 5.69 Å². The third-order valence-electron chi connectivity index (χ3n) is 2.71. The minimum atomic E-state index is -1.12. The van der Waals surface area contributed by atoms with E-state index in [2.05, 4.69) is 11.2 Å². The van der Waals surface area contributed by atoms with Gasteiger partial charge in [0.25, 0.3) is 0 Å². The number of benzene rings is 1. The summed E-state index contributed by atoms with van der Waals surface area (Å²) >= 11 is 1.67. The van der Waals surface area contributed by atoms with E-state index in [9.17, 15) is 4.79 Å². The van der Waals surface area contributed by atoms with Crippen molar-refractivity contribution < 1.29 is 14.4 Å². The molecule has 0 spiro atoms. The minimum Gasteiger partial charge on any atom is -0.475 e. The van der Waals surface area contributed by atoms with E-state index in [0.717, 1.165) is 11.1 Å². The molecule has 2 aromatic heterocycles. The molecule has 1 aromatic carbocycles. The topological polar surface area (TPSA) is 63.3 Å². The van der Waals surface area contributed by atoms with E-state index in [1.54, 1.807) is 11.3 Å². The van der Waals surface area contributed by atoms with Gasteiger partial charge in [-0.05, 0) is 17.0 Å². The Morgan fingerprint density at radius 1 is 1.16 bits per heavy atom. The lowest BCUT2D eigenvalue weighted by Crippen LogP contribution is -1.91. The molecule has 1 N–H and O–H groups in total. The van der Waals surface area contributed by atoms with Gasteiger partial charge in [-0.25, -0.2) is 4.79 Å². The molecule has 0 saturated heterocycles. The predicted octanol–water partition coefficient (Wildman–Crippen LogP) is 3.77. The van der Waals surface area contributed by atoms with Crippen LogP contribution in [0, 0.1) is 0 Å². The van der Waals surface area contributed by atoms with Crippen molar-refractivity contribution in [2.75, 3.05) is 0 Å². The number of aromatic nitrogens is 1. The maximum Gasteiger partial charge on any atom is 0.374 e. The summed E-state index contributed by atoms with van der Waals surface area (Å²) in [7, 11) is 0. The summed E-state index contributed by atoms with van der Waals surface area (Å²) in [6.45, 7) is 0. The standard InChI is InChI=1S/C14H9NO3S/c16-14(17)12-8-11(15-18-12)9-3-5-10(6-4-9)13-2-1-7-19-13/h1-8H,(H,16,17). The minimum absolute atomic E-state index is 0.155. The Kier molecular flexibility index (Phi) is 2.89. The maximum absolute atomic E-state index is 10.7. The average Bonchev–Trinajstić information content (AvgIpc) is 3.11. The van der Waals surface area contributed by atoms with Gasteiger partial charge < -0.3 is 9.63 Å². The summed E-state index contributed by atoms with van der Waals surface area (Å²) in [6.07, 6.45) is 0. The molecule has 2 heterocycles. The van der Waals surface area contributed by atoms with Gasteiger partial charge in [-0.3, -0.25) is 0 Å². The zero-order valence-corrected chi connectivity index (χ0v) is 10.6. The van der Waals surface area contributed by atoms with Gasteiger partial charge in [0, 0.05) is 16.5 Å². The van der Waals surface area contributed by atoms with Crippen LogP contribution in [0.15, 0.2) is 52.4 Å². The molecule has 0 bridgehead atoms. The quantitative estimate of drug-likeness (QED) is 0.787. The first-order chi connectivity index (χ1) is 9.24. The molecule has 0 saturated carbocycles. The maximum atomic E-state index is 10.7. The molecule has 0 atom stereocenters. The Bertz CT molecular complexity index is 699. The Morgan fingerprint density at radius 2 is 1.89 bits per heavy atom. The van der Waals surface area contributed by atoms with E-state index in [1.165, 1.54) is 10.9 Å². The summed E-state index contributed by atoms with van der Waals surface area (Å²) in [6, 6.07) is 13.2. The fourth-order valence-corrected chi connectivity index (χ4v) is 2.49. The number of hydrogen-bond donors (Lipinski definition) is 1. The Labute approximate surface area is 112 Å². The first kappa shape index (κ1) is 11.7. The van der Waals surface area contributed by atoms with Gasteiger partial charge in [-0.15, -0.1) is 11.3 Å². The third-order valence-corrected chi connectivity index (χ3v) is 3.63. The van der Waals surface area contributed by atoms with Crippen LogP contribution in [0.3, 0.4) is 0 Å². The van der Waals surface area contributed by atoms with Crippen molar-refractivity contribution in [2.45, 2.75) is 0 Å². The van der Waals surface area contributed by atoms with E-state index < -0.39 is 5.97 Å². The van der Waals surface area contributed by atoms with Crippen LogP contribution in [0.2, 0.25) is 0 Å². The molecule has 0 aliphatic heterocycles. The van der Waals surface area contributed by atoms with E-state index in [1.807, 2.05) is 35.7 Å². The SMILES string of the molecule is O=C(O)c1cc(-c2ccc(-c3cccs3)cc2)no1. The van der Waals surface area contributed by atoms with E-state index in [-0.39, 0.29) is 5.76 Å². The van der Waals surface area contributed by atoms with Gasteiger partial charge in [-0.2, -0.15) is 0 Å². The summed E-state index contributed by atoms with van der Waals surface area (Å²) in [4.78, 5) is 11.9. The Balaban J connectivity index is 1.91. The number of carboxylic acid groups (broad SMARTS) is 1. The fourth-order valence-electron chi connectivity index (χ4n) is 1.76. The molecular formula is C14H9NO3S. The Morgan fingerprint density at radius 3 is 2.47 bits per heavy atom. The first-order valence-electron chi connectivity index (χ1n) is 5.58. The number of carboxylic acids is 1. The zero-order valence-electron chi connectivity index (χ0n) is 9.74. The van der Waals surface area contributed by atoms with Gasteiger partial charge in [-0.1, -0.05) is 35.5 Å². The molecule has 19 heavy (non-hydrogen) atoms. The lowest BCUT2D eigenvalue weighted by Gasteiger charge is -1.99. The highest BCUT2D eigenvalue weighted by molar-refractivity contribution is 7.13. The smallest absolute Gasteiger partial charge is 0.374 e. The fraction of sp³-hybridized carbons (Fsp3) is 0. The largest absolute Gasteiger partial charge is 0.475 e. The van der Waals surface area contributed by atoms with E-state index in [4.69, 9.17) is 9.63 Å². The number of thiophene rings is 1. The van der Waals surface area contributed by atoms with Gasteiger partial charge in [0.05, 0.1) is 0 Å². The molecular weight excluding hydrogens is 262 g/mol. The monoisotopic (exact) mass is 271 g/mol. The van der Waals surface area contributed by atoms with Crippen LogP contribution < -0.4 is 0 Å². The molecule has 3 aromatic rings. The van der Waals surface area contributed by atoms with Crippen LogP contribution in [0.4, 0.5) is 0 Å². The van der Waals surface area contributed by atoms with Crippen molar-refractivity contribution in [3.05, 3.63) is 53.6 Å². The summed E-state index contributed by atoms with van der Waals surface area (Å²) in [5.74, 6) is -1.27. The Hall–Kier alpha value is -2.40. The van der Waals surface area contributed by atoms with Crippen LogP contribution in [0.5, 0.6) is 0 Å². The van der Waals surface area contributed by atoms with Crippen molar-refractivity contribution in [3.63, 3.8) is 0 Å². The van der Waals surface area contributed by atoms with E-state index >= 15 is 0 Å². The highest BCUT2D eigenvalue weighted by Gasteiger charge is 2.12. The number of hydrogen-bond acceptors (Lipinski definition) is 4. The second-order valence-corrected chi connectivity index (χ2v) is 4.88. The van der Waals surface area contributed by atoms with Gasteiger partial charge >= 0.3 is 5.97 Å². The molecule has 0 aliphatic rings. The summed E-state index contributed by atoms with van der Waals surface area (Å²) in [5.41, 5.74) is 2.48. The van der Waals surface area contributed by atoms with Gasteiger partial charge in [0.2, 0.25) is 5.76 Å². The lowest BCUT2D eigenvalue weighted by atomic mass is 10.1. The van der Waals surface area contributed by atoms with Crippen LogP contribution in [-0.2, 0) is 0 Å². The predicted molar refractivity (Wildman–Crippen MR) is 72.2 cm³/mol. The second-order valence-electron chi connectivity index (χ2n) is 3.94. The van der Waals surface area contributed by atoms with E-state index in [0.29, 0.717) is 5.69 Å². The molecule has 3 rings (SSSR count). The van der Waals surface area contributed by atoms with Crippen molar-refractivity contribution in [1.82, 2.24) is 5.16 Å². The molecule has 5 heteroatoms. The van der Waals surface area contributed by atoms with Crippen LogP contribution in [-0.4, -0.2) is 16.2 Å². The average molecular weight is 271 g/mol. The van der Waals surface area contributed by atoms with Crippen molar-refractivity contribution in [2.24, 2.45) is 0 Å². The highest BCUT2D eigenvalue weighted by atomic mass is 32.1. The third kappa shape index (κ3) is 2.28. The summed E-state index contributed by atoms with van der Waals surface area (Å²) in [5, 5.41) is 14.6. The zero-order chi connectivity index (χ0) is 13.2. The lowest BCUT2D eigenvalue weighted by molar-refractivity contribution is 0.0652. The number of aromatic carboxylic acids is 1.